The highest BCUT2D eigenvalue weighted by molar-refractivity contribution is 5.37. The fourth-order valence-electron chi connectivity index (χ4n) is 1.62. The lowest BCUT2D eigenvalue weighted by Gasteiger charge is -2.08. The monoisotopic (exact) mass is 269 g/mol. The van der Waals surface area contributed by atoms with E-state index in [1.165, 1.54) is 12.1 Å². The van der Waals surface area contributed by atoms with Crippen LogP contribution in [0.2, 0.25) is 0 Å². The molecular weight excluding hydrogens is 259 g/mol. The number of hydrogen-bond donors (Lipinski definition) is 2. The van der Waals surface area contributed by atoms with E-state index in [1.807, 2.05) is 0 Å². The number of alkyl halides is 3. The first-order valence-corrected chi connectivity index (χ1v) is 5.36. The van der Waals surface area contributed by atoms with E-state index in [-0.39, 0.29) is 12.1 Å². The van der Waals surface area contributed by atoms with Gasteiger partial charge in [-0.2, -0.15) is 18.3 Å². The number of nitrogen functional groups attached to an aromatic ring is 1. The molecule has 1 aromatic heterocycles. The zero-order valence-corrected chi connectivity index (χ0v) is 9.66. The molecule has 1 aromatic carbocycles. The molecule has 0 atom stereocenters. The molecule has 3 N–H and O–H groups in total. The van der Waals surface area contributed by atoms with E-state index in [0.29, 0.717) is 11.3 Å². The number of benzene rings is 1. The SMILES string of the molecule is Nc1cc(Cc2cccc(C(F)(F)F)c2)n[nH]c1=O. The van der Waals surface area contributed by atoms with Gasteiger partial charge in [-0.15, -0.1) is 0 Å². The van der Waals surface area contributed by atoms with Crippen LogP contribution in [-0.2, 0) is 12.6 Å². The van der Waals surface area contributed by atoms with Crippen LogP contribution in [0.4, 0.5) is 18.9 Å². The van der Waals surface area contributed by atoms with Crippen molar-refractivity contribution in [2.24, 2.45) is 0 Å². The van der Waals surface area contributed by atoms with Gasteiger partial charge in [-0.3, -0.25) is 4.79 Å². The summed E-state index contributed by atoms with van der Waals surface area (Å²) >= 11 is 0. The van der Waals surface area contributed by atoms with Gasteiger partial charge in [0.1, 0.15) is 5.69 Å². The van der Waals surface area contributed by atoms with Gasteiger partial charge in [-0.05, 0) is 17.7 Å². The van der Waals surface area contributed by atoms with Gasteiger partial charge in [-0.1, -0.05) is 18.2 Å². The van der Waals surface area contributed by atoms with Crippen LogP contribution in [0.5, 0.6) is 0 Å². The first-order chi connectivity index (χ1) is 8.86. The summed E-state index contributed by atoms with van der Waals surface area (Å²) in [6.45, 7) is 0. The third-order valence-corrected chi connectivity index (χ3v) is 2.52. The van der Waals surface area contributed by atoms with Crippen molar-refractivity contribution in [3.8, 4) is 0 Å². The summed E-state index contributed by atoms with van der Waals surface area (Å²) in [5.74, 6) is 0. The van der Waals surface area contributed by atoms with Gasteiger partial charge >= 0.3 is 6.18 Å². The lowest BCUT2D eigenvalue weighted by molar-refractivity contribution is -0.137. The fraction of sp³-hybridized carbons (Fsp3) is 0.167. The Morgan fingerprint density at radius 1 is 1.26 bits per heavy atom. The summed E-state index contributed by atoms with van der Waals surface area (Å²) in [5.41, 5.74) is 4.99. The number of nitrogens with one attached hydrogen (secondary N) is 1. The number of rotatable bonds is 2. The number of aromatic nitrogens is 2. The number of nitrogens with zero attached hydrogens (tertiary/aromatic N) is 1. The molecular formula is C12H10F3N3O. The maximum Gasteiger partial charge on any atom is 0.416 e. The summed E-state index contributed by atoms with van der Waals surface area (Å²) in [7, 11) is 0. The van der Waals surface area contributed by atoms with Crippen LogP contribution >= 0.6 is 0 Å². The van der Waals surface area contributed by atoms with Crippen LogP contribution in [-0.4, -0.2) is 10.2 Å². The minimum absolute atomic E-state index is 0.0167. The number of aromatic amines is 1. The predicted molar refractivity (Wildman–Crippen MR) is 63.5 cm³/mol. The Labute approximate surface area is 106 Å². The zero-order valence-electron chi connectivity index (χ0n) is 9.66. The Balaban J connectivity index is 2.28. The van der Waals surface area contributed by atoms with Gasteiger partial charge in [0.25, 0.3) is 5.56 Å². The largest absolute Gasteiger partial charge is 0.416 e. The molecule has 100 valence electrons. The molecule has 1 heterocycles. The summed E-state index contributed by atoms with van der Waals surface area (Å²) in [6.07, 6.45) is -4.22. The van der Waals surface area contributed by atoms with Crippen LogP contribution in [0, 0.1) is 0 Å². The normalized spacial score (nSPS) is 11.5. The van der Waals surface area contributed by atoms with Crippen LogP contribution in [0.25, 0.3) is 0 Å². The predicted octanol–water partition coefficient (Wildman–Crippen LogP) is 1.96. The summed E-state index contributed by atoms with van der Waals surface area (Å²) in [6, 6.07) is 6.27. The first kappa shape index (κ1) is 13.1. The summed E-state index contributed by atoms with van der Waals surface area (Å²) < 4.78 is 37.6. The summed E-state index contributed by atoms with van der Waals surface area (Å²) in [4.78, 5) is 11.0. The van der Waals surface area contributed by atoms with E-state index in [2.05, 4.69) is 10.2 Å². The van der Waals surface area contributed by atoms with Crippen molar-refractivity contribution >= 4 is 5.69 Å². The third-order valence-electron chi connectivity index (χ3n) is 2.52. The van der Waals surface area contributed by atoms with Crippen LogP contribution < -0.4 is 11.3 Å². The second-order valence-electron chi connectivity index (χ2n) is 4.02. The van der Waals surface area contributed by atoms with Gasteiger partial charge in [0.2, 0.25) is 0 Å². The summed E-state index contributed by atoms with van der Waals surface area (Å²) in [5, 5.41) is 5.91. The number of anilines is 1. The molecule has 2 aromatic rings. The van der Waals surface area contributed by atoms with E-state index in [4.69, 9.17) is 5.73 Å². The van der Waals surface area contributed by atoms with E-state index in [0.717, 1.165) is 12.1 Å². The van der Waals surface area contributed by atoms with E-state index >= 15 is 0 Å². The highest BCUT2D eigenvalue weighted by atomic mass is 19.4. The molecule has 0 amide bonds. The quantitative estimate of drug-likeness (QED) is 0.875. The number of H-pyrrole nitrogens is 1. The molecule has 19 heavy (non-hydrogen) atoms. The van der Waals surface area contributed by atoms with Gasteiger partial charge in [0.05, 0.1) is 11.3 Å². The number of halogens is 3. The fourth-order valence-corrected chi connectivity index (χ4v) is 1.62. The van der Waals surface area contributed by atoms with Crippen molar-refractivity contribution in [1.29, 1.82) is 0 Å². The van der Waals surface area contributed by atoms with Crippen LogP contribution in [0.15, 0.2) is 35.1 Å². The molecule has 4 nitrogen and oxygen atoms in total. The zero-order chi connectivity index (χ0) is 14.0. The highest BCUT2D eigenvalue weighted by Crippen LogP contribution is 2.29. The maximum absolute atomic E-state index is 12.5. The molecule has 7 heteroatoms. The standard InChI is InChI=1S/C12H10F3N3O/c13-12(14,15)8-3-1-2-7(4-8)5-9-6-10(16)11(19)18-17-9/h1-4,6H,5H2,(H2,16,17)(H,18,19). The Kier molecular flexibility index (Phi) is 3.28. The lowest BCUT2D eigenvalue weighted by Crippen LogP contribution is -2.14. The Hall–Kier alpha value is -2.31. The van der Waals surface area contributed by atoms with Crippen LogP contribution in [0.1, 0.15) is 16.8 Å². The second-order valence-corrected chi connectivity index (χ2v) is 4.02. The second kappa shape index (κ2) is 4.75. The molecule has 0 spiro atoms. The highest BCUT2D eigenvalue weighted by Gasteiger charge is 2.30. The molecule has 0 aliphatic heterocycles. The van der Waals surface area contributed by atoms with E-state index < -0.39 is 17.3 Å². The van der Waals surface area contributed by atoms with Crippen molar-refractivity contribution in [3.63, 3.8) is 0 Å². The Morgan fingerprint density at radius 3 is 2.63 bits per heavy atom. The molecule has 0 aliphatic rings. The average Bonchev–Trinajstić information content (AvgIpc) is 2.33. The van der Waals surface area contributed by atoms with Gasteiger partial charge < -0.3 is 5.73 Å². The van der Waals surface area contributed by atoms with Crippen molar-refractivity contribution < 1.29 is 13.2 Å². The Bertz CT molecular complexity index is 649. The van der Waals surface area contributed by atoms with Crippen molar-refractivity contribution in [2.75, 3.05) is 5.73 Å². The topological polar surface area (TPSA) is 71.8 Å². The van der Waals surface area contributed by atoms with E-state index in [9.17, 15) is 18.0 Å². The first-order valence-electron chi connectivity index (χ1n) is 5.36. The van der Waals surface area contributed by atoms with Gasteiger partial charge in [-0.25, -0.2) is 5.10 Å². The average molecular weight is 269 g/mol. The lowest BCUT2D eigenvalue weighted by atomic mass is 10.1. The third kappa shape index (κ3) is 3.12. The van der Waals surface area contributed by atoms with Crippen molar-refractivity contribution in [3.05, 3.63) is 57.5 Å². The molecule has 0 unspecified atom stereocenters. The minimum Gasteiger partial charge on any atom is -0.394 e. The van der Waals surface area contributed by atoms with Gasteiger partial charge in [0.15, 0.2) is 0 Å². The number of nitrogens with two attached hydrogens (primary N) is 1. The van der Waals surface area contributed by atoms with Crippen LogP contribution in [0.3, 0.4) is 0 Å². The smallest absolute Gasteiger partial charge is 0.394 e. The molecule has 0 bridgehead atoms. The molecule has 0 radical (unpaired) electrons. The molecule has 0 fully saturated rings. The van der Waals surface area contributed by atoms with Crippen molar-refractivity contribution in [1.82, 2.24) is 10.2 Å². The molecule has 0 saturated heterocycles. The number of hydrogen-bond acceptors (Lipinski definition) is 3. The minimum atomic E-state index is -4.38. The van der Waals surface area contributed by atoms with Crippen molar-refractivity contribution in [2.45, 2.75) is 12.6 Å². The maximum atomic E-state index is 12.5. The van der Waals surface area contributed by atoms with Gasteiger partial charge in [0, 0.05) is 6.42 Å². The molecule has 0 aliphatic carbocycles. The van der Waals surface area contributed by atoms with E-state index in [1.54, 1.807) is 6.07 Å². The Morgan fingerprint density at radius 2 is 2.00 bits per heavy atom. The molecule has 0 saturated carbocycles. The molecule has 2 rings (SSSR count).